The average molecular weight is 244 g/mol. The summed E-state index contributed by atoms with van der Waals surface area (Å²) in [6.45, 7) is 1.40. The van der Waals surface area contributed by atoms with Crippen LogP contribution in [0.5, 0.6) is 5.75 Å². The van der Waals surface area contributed by atoms with Crippen LogP contribution in [-0.4, -0.2) is 25.9 Å². The summed E-state index contributed by atoms with van der Waals surface area (Å²) in [6, 6.07) is 4.21. The van der Waals surface area contributed by atoms with Crippen LogP contribution in [0.3, 0.4) is 0 Å². The van der Waals surface area contributed by atoms with Gasteiger partial charge in [0.1, 0.15) is 16.4 Å². The van der Waals surface area contributed by atoms with Crippen molar-refractivity contribution in [3.8, 4) is 5.75 Å². The fourth-order valence-corrected chi connectivity index (χ4v) is 2.03. The predicted octanol–water partition coefficient (Wildman–Crippen LogP) is 1.07. The van der Waals surface area contributed by atoms with Crippen LogP contribution in [0, 0.1) is 0 Å². The SMILES string of the molecule is COc1ccc(CC(C)=O)cc1S(=O)(=O)O. The van der Waals surface area contributed by atoms with Crippen molar-refractivity contribution in [1.29, 1.82) is 0 Å². The van der Waals surface area contributed by atoms with Gasteiger partial charge in [0.2, 0.25) is 0 Å². The molecule has 0 aliphatic carbocycles. The third kappa shape index (κ3) is 3.04. The second-order valence-corrected chi connectivity index (χ2v) is 4.73. The average Bonchev–Trinajstić information content (AvgIpc) is 2.15. The number of benzene rings is 1. The van der Waals surface area contributed by atoms with Gasteiger partial charge in [-0.3, -0.25) is 9.35 Å². The Morgan fingerprint density at radius 1 is 1.44 bits per heavy atom. The van der Waals surface area contributed by atoms with E-state index in [1.54, 1.807) is 6.07 Å². The lowest BCUT2D eigenvalue weighted by atomic mass is 10.1. The standard InChI is InChI=1S/C10H12O5S/c1-7(11)5-8-3-4-9(15-2)10(6-8)16(12,13)14/h3-4,6H,5H2,1-2H3,(H,12,13,14). The van der Waals surface area contributed by atoms with Crippen LogP contribution in [-0.2, 0) is 21.3 Å². The predicted molar refractivity (Wildman–Crippen MR) is 57.2 cm³/mol. The largest absolute Gasteiger partial charge is 0.495 e. The molecule has 0 saturated carbocycles. The summed E-state index contributed by atoms with van der Waals surface area (Å²) in [5.41, 5.74) is 0.515. The molecule has 0 amide bonds. The molecule has 0 spiro atoms. The summed E-state index contributed by atoms with van der Waals surface area (Å²) in [5, 5.41) is 0. The fourth-order valence-electron chi connectivity index (χ4n) is 1.32. The first-order valence-electron chi connectivity index (χ1n) is 4.48. The summed E-state index contributed by atoms with van der Waals surface area (Å²) in [4.78, 5) is 10.6. The highest BCUT2D eigenvalue weighted by Gasteiger charge is 2.17. The third-order valence-corrected chi connectivity index (χ3v) is 2.83. The monoisotopic (exact) mass is 244 g/mol. The number of ketones is 1. The number of ether oxygens (including phenoxy) is 1. The zero-order valence-corrected chi connectivity index (χ0v) is 9.74. The van der Waals surface area contributed by atoms with E-state index >= 15 is 0 Å². The maximum atomic E-state index is 11.0. The third-order valence-electron chi connectivity index (χ3n) is 1.96. The van der Waals surface area contributed by atoms with Crippen LogP contribution in [0.4, 0.5) is 0 Å². The van der Waals surface area contributed by atoms with E-state index in [0.29, 0.717) is 5.56 Å². The lowest BCUT2D eigenvalue weighted by molar-refractivity contribution is -0.116. The molecule has 0 atom stereocenters. The van der Waals surface area contributed by atoms with Gasteiger partial charge in [-0.1, -0.05) is 6.07 Å². The van der Waals surface area contributed by atoms with E-state index in [-0.39, 0.29) is 22.8 Å². The molecule has 1 N–H and O–H groups in total. The van der Waals surface area contributed by atoms with Crippen LogP contribution in [0.1, 0.15) is 12.5 Å². The topological polar surface area (TPSA) is 80.7 Å². The molecule has 0 aromatic heterocycles. The van der Waals surface area contributed by atoms with Crippen LogP contribution in [0.15, 0.2) is 23.1 Å². The van der Waals surface area contributed by atoms with E-state index in [1.807, 2.05) is 0 Å². The van der Waals surface area contributed by atoms with Gasteiger partial charge >= 0.3 is 0 Å². The van der Waals surface area contributed by atoms with Crippen molar-refractivity contribution in [1.82, 2.24) is 0 Å². The molecule has 0 saturated heterocycles. The number of hydrogen-bond donors (Lipinski definition) is 1. The first kappa shape index (κ1) is 12.7. The summed E-state index contributed by atoms with van der Waals surface area (Å²) in [5.74, 6) is -0.0405. The highest BCUT2D eigenvalue weighted by atomic mass is 32.2. The quantitative estimate of drug-likeness (QED) is 0.801. The minimum Gasteiger partial charge on any atom is -0.495 e. The molecule has 0 aliphatic heterocycles. The molecule has 0 radical (unpaired) electrons. The molecular formula is C10H12O5S. The second kappa shape index (κ2) is 4.63. The molecule has 1 aromatic carbocycles. The summed E-state index contributed by atoms with van der Waals surface area (Å²) >= 11 is 0. The zero-order chi connectivity index (χ0) is 12.3. The van der Waals surface area contributed by atoms with Gasteiger partial charge in [0.05, 0.1) is 7.11 Å². The number of rotatable bonds is 4. The van der Waals surface area contributed by atoms with Gasteiger partial charge in [0.15, 0.2) is 0 Å². The van der Waals surface area contributed by atoms with Crippen molar-refractivity contribution in [2.75, 3.05) is 7.11 Å². The molecule has 0 bridgehead atoms. The summed E-state index contributed by atoms with van der Waals surface area (Å²) in [7, 11) is -3.04. The van der Waals surface area contributed by atoms with E-state index in [9.17, 15) is 13.2 Å². The van der Waals surface area contributed by atoms with E-state index < -0.39 is 10.1 Å². The number of carbonyl (C=O) groups is 1. The van der Waals surface area contributed by atoms with E-state index in [0.717, 1.165) is 0 Å². The van der Waals surface area contributed by atoms with Crippen molar-refractivity contribution in [2.24, 2.45) is 0 Å². The molecule has 5 nitrogen and oxygen atoms in total. The van der Waals surface area contributed by atoms with E-state index in [4.69, 9.17) is 9.29 Å². The lowest BCUT2D eigenvalue weighted by Crippen LogP contribution is -2.04. The first-order chi connectivity index (χ1) is 7.34. The van der Waals surface area contributed by atoms with Crippen LogP contribution < -0.4 is 4.74 Å². The van der Waals surface area contributed by atoms with E-state index in [1.165, 1.54) is 26.2 Å². The number of Topliss-reactive ketones (excluding diaryl/α,β-unsaturated/α-hetero) is 1. The minimum absolute atomic E-state index is 0.0507. The number of carbonyl (C=O) groups excluding carboxylic acids is 1. The van der Waals surface area contributed by atoms with Crippen molar-refractivity contribution < 1.29 is 22.5 Å². The molecule has 0 aliphatic rings. The van der Waals surface area contributed by atoms with E-state index in [2.05, 4.69) is 0 Å². The Hall–Kier alpha value is -1.40. The molecule has 0 unspecified atom stereocenters. The minimum atomic E-state index is -4.34. The molecular weight excluding hydrogens is 232 g/mol. The first-order valence-corrected chi connectivity index (χ1v) is 5.92. The normalized spacial score (nSPS) is 11.2. The Kier molecular flexibility index (Phi) is 3.66. The maximum Gasteiger partial charge on any atom is 0.298 e. The summed E-state index contributed by atoms with van der Waals surface area (Å²) in [6.07, 6.45) is 0.118. The van der Waals surface area contributed by atoms with Gasteiger partial charge in [-0.2, -0.15) is 8.42 Å². The Labute approximate surface area is 93.8 Å². The smallest absolute Gasteiger partial charge is 0.298 e. The number of hydrogen-bond acceptors (Lipinski definition) is 4. The van der Waals surface area contributed by atoms with Crippen molar-refractivity contribution in [3.63, 3.8) is 0 Å². The highest BCUT2D eigenvalue weighted by Crippen LogP contribution is 2.24. The van der Waals surface area contributed by atoms with Gasteiger partial charge in [-0.05, 0) is 24.6 Å². The Balaban J connectivity index is 3.27. The zero-order valence-electron chi connectivity index (χ0n) is 8.93. The summed E-state index contributed by atoms with van der Waals surface area (Å²) < 4.78 is 35.9. The van der Waals surface area contributed by atoms with Crippen LogP contribution >= 0.6 is 0 Å². The highest BCUT2D eigenvalue weighted by molar-refractivity contribution is 7.86. The van der Waals surface area contributed by atoms with Gasteiger partial charge in [-0.25, -0.2) is 0 Å². The van der Waals surface area contributed by atoms with Crippen LogP contribution in [0.2, 0.25) is 0 Å². The van der Waals surface area contributed by atoms with Crippen molar-refractivity contribution in [2.45, 2.75) is 18.2 Å². The van der Waals surface area contributed by atoms with Gasteiger partial charge < -0.3 is 4.74 Å². The fraction of sp³-hybridized carbons (Fsp3) is 0.300. The molecule has 16 heavy (non-hydrogen) atoms. The molecule has 88 valence electrons. The van der Waals surface area contributed by atoms with Gasteiger partial charge in [0, 0.05) is 6.42 Å². The second-order valence-electron chi connectivity index (χ2n) is 3.34. The molecule has 0 heterocycles. The Morgan fingerprint density at radius 2 is 2.06 bits per heavy atom. The number of methoxy groups -OCH3 is 1. The molecule has 0 fully saturated rings. The van der Waals surface area contributed by atoms with Crippen molar-refractivity contribution >= 4 is 15.9 Å². The van der Waals surface area contributed by atoms with Crippen LogP contribution in [0.25, 0.3) is 0 Å². The van der Waals surface area contributed by atoms with Gasteiger partial charge in [-0.15, -0.1) is 0 Å². The Bertz CT molecular complexity index is 504. The molecule has 1 aromatic rings. The molecule has 6 heteroatoms. The van der Waals surface area contributed by atoms with Gasteiger partial charge in [0.25, 0.3) is 10.1 Å². The molecule has 1 rings (SSSR count). The van der Waals surface area contributed by atoms with Crippen molar-refractivity contribution in [3.05, 3.63) is 23.8 Å². The Morgan fingerprint density at radius 3 is 2.50 bits per heavy atom. The lowest BCUT2D eigenvalue weighted by Gasteiger charge is -2.07. The maximum absolute atomic E-state index is 11.0.